The number of halogens is 2. The van der Waals surface area contributed by atoms with Crippen LogP contribution in [0.2, 0.25) is 5.02 Å². The van der Waals surface area contributed by atoms with E-state index in [1.165, 1.54) is 19.2 Å². The number of hydrogen-bond donors (Lipinski definition) is 0. The summed E-state index contributed by atoms with van der Waals surface area (Å²) >= 11 is 5.89. The molecule has 2 nitrogen and oxygen atoms in total. The van der Waals surface area contributed by atoms with Crippen LogP contribution in [0.4, 0.5) is 4.39 Å². The fourth-order valence-electron chi connectivity index (χ4n) is 1.86. The average molecular weight is 276 g/mol. The van der Waals surface area contributed by atoms with Gasteiger partial charge in [-0.2, -0.15) is 5.26 Å². The Balaban J connectivity index is 2.56. The van der Waals surface area contributed by atoms with Gasteiger partial charge in [-0.3, -0.25) is 0 Å². The zero-order valence-corrected chi connectivity index (χ0v) is 11.0. The van der Waals surface area contributed by atoms with Crippen molar-refractivity contribution in [3.05, 3.63) is 52.8 Å². The Kier molecular flexibility index (Phi) is 4.03. The van der Waals surface area contributed by atoms with Crippen LogP contribution in [0.5, 0.6) is 5.75 Å². The highest BCUT2D eigenvalue weighted by molar-refractivity contribution is 6.30. The second-order valence-corrected chi connectivity index (χ2v) is 4.43. The highest BCUT2D eigenvalue weighted by Crippen LogP contribution is 2.34. The summed E-state index contributed by atoms with van der Waals surface area (Å²) in [4.78, 5) is 0. The smallest absolute Gasteiger partial charge is 0.131 e. The van der Waals surface area contributed by atoms with E-state index in [0.717, 1.165) is 5.56 Å². The summed E-state index contributed by atoms with van der Waals surface area (Å²) in [5.74, 6) is 0.157. The maximum atomic E-state index is 13.9. The number of benzene rings is 2. The molecule has 4 heteroatoms. The molecule has 0 aliphatic carbocycles. The maximum Gasteiger partial charge on any atom is 0.131 e. The van der Waals surface area contributed by atoms with Crippen LogP contribution in [0.3, 0.4) is 0 Å². The van der Waals surface area contributed by atoms with E-state index >= 15 is 0 Å². The molecule has 2 aromatic rings. The Labute approximate surface area is 116 Å². The third kappa shape index (κ3) is 2.86. The fourth-order valence-corrected chi connectivity index (χ4v) is 2.04. The van der Waals surface area contributed by atoms with Gasteiger partial charge < -0.3 is 4.74 Å². The van der Waals surface area contributed by atoms with Crippen molar-refractivity contribution in [2.24, 2.45) is 0 Å². The molecule has 0 fully saturated rings. The molecule has 0 aromatic heterocycles. The first-order valence-electron chi connectivity index (χ1n) is 5.65. The van der Waals surface area contributed by atoms with Gasteiger partial charge in [0.1, 0.15) is 11.6 Å². The standard InChI is InChI=1S/C15H11ClFNO/c1-19-15-8-10(6-7-18)2-4-12(15)13-9-11(16)3-5-14(13)17/h2-5,8-9H,6H2,1H3. The predicted octanol–water partition coefficient (Wildman–Crippen LogP) is 4.22. The molecule has 0 spiro atoms. The second kappa shape index (κ2) is 5.73. The van der Waals surface area contributed by atoms with E-state index in [4.69, 9.17) is 21.6 Å². The van der Waals surface area contributed by atoms with Crippen molar-refractivity contribution in [2.45, 2.75) is 6.42 Å². The Hall–Kier alpha value is -2.05. The van der Waals surface area contributed by atoms with Crippen LogP contribution in [0.15, 0.2) is 36.4 Å². The summed E-state index contributed by atoms with van der Waals surface area (Å²) in [6.45, 7) is 0. The van der Waals surface area contributed by atoms with Gasteiger partial charge in [0.25, 0.3) is 0 Å². The molecule has 0 unspecified atom stereocenters. The molecule has 0 aliphatic rings. The lowest BCUT2D eigenvalue weighted by Crippen LogP contribution is -1.93. The van der Waals surface area contributed by atoms with Gasteiger partial charge in [-0.05, 0) is 29.8 Å². The van der Waals surface area contributed by atoms with E-state index in [-0.39, 0.29) is 12.2 Å². The Bertz CT molecular complexity index is 649. The summed E-state index contributed by atoms with van der Waals surface area (Å²) < 4.78 is 19.1. The molecule has 0 atom stereocenters. The monoisotopic (exact) mass is 275 g/mol. The molecular formula is C15H11ClFNO. The Morgan fingerprint density at radius 2 is 2.00 bits per heavy atom. The van der Waals surface area contributed by atoms with E-state index in [0.29, 0.717) is 21.9 Å². The lowest BCUT2D eigenvalue weighted by molar-refractivity contribution is 0.415. The van der Waals surface area contributed by atoms with Crippen LogP contribution < -0.4 is 4.74 Å². The molecule has 0 N–H and O–H groups in total. The van der Waals surface area contributed by atoms with Gasteiger partial charge in [0.05, 0.1) is 19.6 Å². The number of ether oxygens (including phenoxy) is 1. The van der Waals surface area contributed by atoms with E-state index in [2.05, 4.69) is 6.07 Å². The van der Waals surface area contributed by atoms with Crippen LogP contribution in [0, 0.1) is 17.1 Å². The van der Waals surface area contributed by atoms with Crippen molar-refractivity contribution in [2.75, 3.05) is 7.11 Å². The molecule has 0 heterocycles. The van der Waals surface area contributed by atoms with Gasteiger partial charge >= 0.3 is 0 Å². The number of rotatable bonds is 3. The topological polar surface area (TPSA) is 33.0 Å². The first-order valence-corrected chi connectivity index (χ1v) is 6.03. The van der Waals surface area contributed by atoms with E-state index < -0.39 is 0 Å². The average Bonchev–Trinajstić information content (AvgIpc) is 2.42. The van der Waals surface area contributed by atoms with Crippen molar-refractivity contribution >= 4 is 11.6 Å². The van der Waals surface area contributed by atoms with Gasteiger partial charge in [0.2, 0.25) is 0 Å². The normalized spacial score (nSPS) is 10.0. The number of hydrogen-bond acceptors (Lipinski definition) is 2. The van der Waals surface area contributed by atoms with Gasteiger partial charge in [-0.15, -0.1) is 0 Å². The minimum Gasteiger partial charge on any atom is -0.496 e. The van der Waals surface area contributed by atoms with Crippen LogP contribution in [0.1, 0.15) is 5.56 Å². The van der Waals surface area contributed by atoms with Crippen molar-refractivity contribution in [1.29, 1.82) is 5.26 Å². The molecule has 0 aliphatic heterocycles. The summed E-state index contributed by atoms with van der Waals surface area (Å²) in [7, 11) is 1.51. The number of methoxy groups -OCH3 is 1. The van der Waals surface area contributed by atoms with E-state index in [9.17, 15) is 4.39 Å². The molecule has 2 aromatic carbocycles. The molecule has 0 bridgehead atoms. The minimum absolute atomic E-state index is 0.286. The molecule has 0 saturated carbocycles. The second-order valence-electron chi connectivity index (χ2n) is 3.99. The van der Waals surface area contributed by atoms with Gasteiger partial charge in [-0.25, -0.2) is 4.39 Å². The molecule has 0 amide bonds. The Morgan fingerprint density at radius 3 is 2.68 bits per heavy atom. The Morgan fingerprint density at radius 1 is 1.21 bits per heavy atom. The highest BCUT2D eigenvalue weighted by Gasteiger charge is 2.12. The van der Waals surface area contributed by atoms with Crippen molar-refractivity contribution < 1.29 is 9.13 Å². The first-order chi connectivity index (χ1) is 9.15. The summed E-state index contributed by atoms with van der Waals surface area (Å²) in [6, 6.07) is 11.7. The van der Waals surface area contributed by atoms with E-state index in [1.807, 2.05) is 0 Å². The van der Waals surface area contributed by atoms with Crippen LogP contribution in [0.25, 0.3) is 11.1 Å². The lowest BCUT2D eigenvalue weighted by atomic mass is 10.0. The van der Waals surface area contributed by atoms with Gasteiger partial charge in [0.15, 0.2) is 0 Å². The fraction of sp³-hybridized carbons (Fsp3) is 0.133. The molecule has 96 valence electrons. The van der Waals surface area contributed by atoms with Crippen molar-refractivity contribution in [1.82, 2.24) is 0 Å². The van der Waals surface area contributed by atoms with Crippen LogP contribution >= 0.6 is 11.6 Å². The van der Waals surface area contributed by atoms with Gasteiger partial charge in [-0.1, -0.05) is 23.7 Å². The van der Waals surface area contributed by atoms with Crippen molar-refractivity contribution in [3.8, 4) is 22.9 Å². The van der Waals surface area contributed by atoms with Crippen LogP contribution in [-0.4, -0.2) is 7.11 Å². The predicted molar refractivity (Wildman–Crippen MR) is 72.7 cm³/mol. The molecule has 0 radical (unpaired) electrons. The zero-order valence-electron chi connectivity index (χ0n) is 10.3. The summed E-state index contributed by atoms with van der Waals surface area (Å²) in [5, 5.41) is 9.14. The van der Waals surface area contributed by atoms with E-state index in [1.54, 1.807) is 24.3 Å². The zero-order chi connectivity index (χ0) is 13.8. The number of nitrogens with zero attached hydrogens (tertiary/aromatic N) is 1. The summed E-state index contributed by atoms with van der Waals surface area (Å²) in [6.07, 6.45) is 0.286. The minimum atomic E-state index is -0.365. The van der Waals surface area contributed by atoms with Crippen molar-refractivity contribution in [3.63, 3.8) is 0 Å². The van der Waals surface area contributed by atoms with Gasteiger partial charge in [0, 0.05) is 16.1 Å². The lowest BCUT2D eigenvalue weighted by Gasteiger charge is -2.11. The quantitative estimate of drug-likeness (QED) is 0.840. The number of nitriles is 1. The molecular weight excluding hydrogens is 265 g/mol. The molecule has 19 heavy (non-hydrogen) atoms. The summed E-state index contributed by atoms with van der Waals surface area (Å²) in [5.41, 5.74) is 1.82. The third-order valence-corrected chi connectivity index (χ3v) is 3.00. The van der Waals surface area contributed by atoms with Crippen LogP contribution in [-0.2, 0) is 6.42 Å². The highest BCUT2D eigenvalue weighted by atomic mass is 35.5. The molecule has 2 rings (SSSR count). The third-order valence-electron chi connectivity index (χ3n) is 2.77. The first kappa shape index (κ1) is 13.4. The largest absolute Gasteiger partial charge is 0.496 e. The SMILES string of the molecule is COc1cc(CC#N)ccc1-c1cc(Cl)ccc1F. The maximum absolute atomic E-state index is 13.9. The molecule has 0 saturated heterocycles.